The van der Waals surface area contributed by atoms with Crippen molar-refractivity contribution in [3.05, 3.63) is 40.4 Å². The molecule has 0 fully saturated rings. The number of methoxy groups -OCH3 is 2. The van der Waals surface area contributed by atoms with E-state index in [1.54, 1.807) is 32.4 Å². The molecule has 0 radical (unpaired) electrons. The van der Waals surface area contributed by atoms with Gasteiger partial charge in [-0.2, -0.15) is 0 Å². The van der Waals surface area contributed by atoms with Gasteiger partial charge in [0.1, 0.15) is 11.5 Å². The molecule has 0 bridgehead atoms. The first kappa shape index (κ1) is 14.6. The maximum Gasteiger partial charge on any atom is 0.145 e. The number of hydrogen-bond donors (Lipinski definition) is 2. The Morgan fingerprint density at radius 3 is 2.30 bits per heavy atom. The van der Waals surface area contributed by atoms with Crippen LogP contribution in [0.1, 0.15) is 0 Å². The van der Waals surface area contributed by atoms with Crippen molar-refractivity contribution in [2.75, 3.05) is 25.3 Å². The molecule has 0 aromatic heterocycles. The second-order valence-electron chi connectivity index (χ2n) is 4.04. The number of halogens is 2. The first-order chi connectivity index (χ1) is 9.55. The second-order valence-corrected chi connectivity index (χ2v) is 4.86. The van der Waals surface area contributed by atoms with Crippen molar-refractivity contribution in [1.29, 1.82) is 0 Å². The minimum absolute atomic E-state index is 0.413. The Morgan fingerprint density at radius 2 is 1.65 bits per heavy atom. The molecule has 0 aliphatic heterocycles. The van der Waals surface area contributed by atoms with E-state index < -0.39 is 0 Å². The molecule has 2 rings (SSSR count). The number of rotatable bonds is 4. The summed E-state index contributed by atoms with van der Waals surface area (Å²) < 4.78 is 10.5. The number of nitrogen functional groups attached to an aromatic ring is 1. The van der Waals surface area contributed by atoms with Gasteiger partial charge < -0.3 is 20.5 Å². The molecule has 0 aliphatic rings. The predicted molar refractivity (Wildman–Crippen MR) is 83.7 cm³/mol. The molecule has 0 unspecified atom stereocenters. The van der Waals surface area contributed by atoms with Gasteiger partial charge in [-0.1, -0.05) is 23.2 Å². The number of hydrogen-bond acceptors (Lipinski definition) is 4. The quantitative estimate of drug-likeness (QED) is 0.825. The Hall–Kier alpha value is -1.78. The lowest BCUT2D eigenvalue weighted by atomic mass is 10.2. The van der Waals surface area contributed by atoms with E-state index in [0.717, 1.165) is 5.69 Å². The summed E-state index contributed by atoms with van der Waals surface area (Å²) in [7, 11) is 3.18. The molecule has 106 valence electrons. The van der Waals surface area contributed by atoms with Gasteiger partial charge in [0.2, 0.25) is 0 Å². The molecule has 0 saturated carbocycles. The van der Waals surface area contributed by atoms with Crippen LogP contribution in [0.15, 0.2) is 30.3 Å². The molecule has 3 N–H and O–H groups in total. The predicted octanol–water partition coefficient (Wildman–Crippen LogP) is 4.34. The van der Waals surface area contributed by atoms with Crippen molar-refractivity contribution in [2.45, 2.75) is 0 Å². The Balaban J connectivity index is 2.37. The van der Waals surface area contributed by atoms with E-state index in [-0.39, 0.29) is 0 Å². The Bertz CT molecular complexity index is 633. The van der Waals surface area contributed by atoms with Crippen molar-refractivity contribution in [2.24, 2.45) is 0 Å². The van der Waals surface area contributed by atoms with Crippen molar-refractivity contribution in [3.63, 3.8) is 0 Å². The molecule has 20 heavy (non-hydrogen) atoms. The summed E-state index contributed by atoms with van der Waals surface area (Å²) in [6.45, 7) is 0. The van der Waals surface area contributed by atoms with Gasteiger partial charge in [-0.3, -0.25) is 0 Å². The Morgan fingerprint density at radius 1 is 0.950 bits per heavy atom. The molecular weight excluding hydrogens is 299 g/mol. The summed E-state index contributed by atoms with van der Waals surface area (Å²) in [6, 6.07) is 8.69. The van der Waals surface area contributed by atoms with E-state index >= 15 is 0 Å². The average Bonchev–Trinajstić information content (AvgIpc) is 2.45. The van der Waals surface area contributed by atoms with Crippen LogP contribution >= 0.6 is 23.2 Å². The molecule has 0 amide bonds. The summed E-state index contributed by atoms with van der Waals surface area (Å²) >= 11 is 11.9. The largest absolute Gasteiger partial charge is 0.497 e. The normalized spacial score (nSPS) is 10.2. The number of nitrogens with one attached hydrogen (secondary N) is 1. The van der Waals surface area contributed by atoms with Gasteiger partial charge in [-0.25, -0.2) is 0 Å². The van der Waals surface area contributed by atoms with Crippen LogP contribution in [0.4, 0.5) is 17.1 Å². The number of anilines is 3. The lowest BCUT2D eigenvalue weighted by Gasteiger charge is -2.14. The third-order valence-corrected chi connectivity index (χ3v) is 3.49. The van der Waals surface area contributed by atoms with Gasteiger partial charge in [0.05, 0.1) is 41.3 Å². The third kappa shape index (κ3) is 3.03. The van der Waals surface area contributed by atoms with Crippen LogP contribution in [0.5, 0.6) is 11.5 Å². The van der Waals surface area contributed by atoms with E-state index in [0.29, 0.717) is 32.9 Å². The zero-order chi connectivity index (χ0) is 14.7. The maximum atomic E-state index is 5.99. The van der Waals surface area contributed by atoms with Gasteiger partial charge in [-0.15, -0.1) is 0 Å². The molecule has 2 aromatic carbocycles. The topological polar surface area (TPSA) is 56.5 Å². The smallest absolute Gasteiger partial charge is 0.145 e. The molecular formula is C14H14Cl2N2O2. The van der Waals surface area contributed by atoms with E-state index in [4.69, 9.17) is 38.4 Å². The molecule has 0 aliphatic carbocycles. The molecule has 0 atom stereocenters. The molecule has 4 nitrogen and oxygen atoms in total. The third-order valence-electron chi connectivity index (χ3n) is 2.77. The standard InChI is InChI=1S/C14H14Cl2N2O2/c1-19-8-3-4-12(14(5-8)20-2)18-13-7-10(16)9(15)6-11(13)17/h3-7,18H,17H2,1-2H3. The summed E-state index contributed by atoms with van der Waals surface area (Å²) in [6.07, 6.45) is 0. The van der Waals surface area contributed by atoms with Gasteiger partial charge in [0, 0.05) is 6.07 Å². The number of ether oxygens (including phenoxy) is 2. The zero-order valence-electron chi connectivity index (χ0n) is 11.0. The molecule has 0 spiro atoms. The van der Waals surface area contributed by atoms with Crippen molar-refractivity contribution in [3.8, 4) is 11.5 Å². The van der Waals surface area contributed by atoms with Crippen LogP contribution in [0.25, 0.3) is 0 Å². The zero-order valence-corrected chi connectivity index (χ0v) is 12.5. The lowest BCUT2D eigenvalue weighted by Crippen LogP contribution is -1.99. The van der Waals surface area contributed by atoms with Crippen LogP contribution in [0.3, 0.4) is 0 Å². The van der Waals surface area contributed by atoms with Crippen molar-refractivity contribution >= 4 is 40.3 Å². The highest BCUT2D eigenvalue weighted by atomic mass is 35.5. The Labute approximate surface area is 127 Å². The van der Waals surface area contributed by atoms with Crippen LogP contribution in [-0.4, -0.2) is 14.2 Å². The molecule has 0 heterocycles. The summed E-state index contributed by atoms with van der Waals surface area (Å²) in [5, 5.41) is 4.00. The summed E-state index contributed by atoms with van der Waals surface area (Å²) in [5.74, 6) is 1.34. The summed E-state index contributed by atoms with van der Waals surface area (Å²) in [4.78, 5) is 0. The van der Waals surface area contributed by atoms with Gasteiger partial charge >= 0.3 is 0 Å². The van der Waals surface area contributed by atoms with Crippen LogP contribution in [0, 0.1) is 0 Å². The Kier molecular flexibility index (Phi) is 4.47. The molecule has 2 aromatic rings. The van der Waals surface area contributed by atoms with Gasteiger partial charge in [0.15, 0.2) is 0 Å². The molecule has 0 saturated heterocycles. The van der Waals surface area contributed by atoms with Crippen molar-refractivity contribution < 1.29 is 9.47 Å². The lowest BCUT2D eigenvalue weighted by molar-refractivity contribution is 0.395. The SMILES string of the molecule is COc1ccc(Nc2cc(Cl)c(Cl)cc2N)c(OC)c1. The van der Waals surface area contributed by atoms with Crippen LogP contribution < -0.4 is 20.5 Å². The summed E-state index contributed by atoms with van der Waals surface area (Å²) in [5.41, 5.74) is 7.82. The fourth-order valence-electron chi connectivity index (χ4n) is 1.72. The van der Waals surface area contributed by atoms with Crippen LogP contribution in [0.2, 0.25) is 10.0 Å². The monoisotopic (exact) mass is 312 g/mol. The first-order valence-electron chi connectivity index (χ1n) is 5.78. The van der Waals surface area contributed by atoms with Gasteiger partial charge in [0.25, 0.3) is 0 Å². The fraction of sp³-hybridized carbons (Fsp3) is 0.143. The highest BCUT2D eigenvalue weighted by Crippen LogP contribution is 2.36. The molecule has 6 heteroatoms. The fourth-order valence-corrected chi connectivity index (χ4v) is 2.05. The highest BCUT2D eigenvalue weighted by Gasteiger charge is 2.09. The van der Waals surface area contributed by atoms with Crippen LogP contribution in [-0.2, 0) is 0 Å². The maximum absolute atomic E-state index is 5.99. The van der Waals surface area contributed by atoms with E-state index in [2.05, 4.69) is 5.32 Å². The van der Waals surface area contributed by atoms with E-state index in [9.17, 15) is 0 Å². The van der Waals surface area contributed by atoms with E-state index in [1.165, 1.54) is 0 Å². The minimum Gasteiger partial charge on any atom is -0.497 e. The van der Waals surface area contributed by atoms with Crippen molar-refractivity contribution in [1.82, 2.24) is 0 Å². The first-order valence-corrected chi connectivity index (χ1v) is 6.54. The van der Waals surface area contributed by atoms with Gasteiger partial charge in [-0.05, 0) is 24.3 Å². The van der Waals surface area contributed by atoms with E-state index in [1.807, 2.05) is 12.1 Å². The minimum atomic E-state index is 0.413. The highest BCUT2D eigenvalue weighted by molar-refractivity contribution is 6.42. The number of nitrogens with two attached hydrogens (primary N) is 1. The second kappa shape index (κ2) is 6.11. The average molecular weight is 313 g/mol. The number of benzene rings is 2.